The molecule has 23 heavy (non-hydrogen) atoms. The van der Waals surface area contributed by atoms with Crippen molar-refractivity contribution >= 4 is 44.5 Å². The van der Waals surface area contributed by atoms with Gasteiger partial charge in [-0.1, -0.05) is 18.2 Å². The lowest BCUT2D eigenvalue weighted by atomic mass is 10.1. The van der Waals surface area contributed by atoms with Crippen molar-refractivity contribution < 1.29 is 13.4 Å². The molecule has 0 bridgehead atoms. The molecule has 0 saturated heterocycles. The van der Waals surface area contributed by atoms with Crippen LogP contribution in [0.1, 0.15) is 6.92 Å². The molecule has 2 aromatic carbocycles. The smallest absolute Gasteiger partial charge is 0.319 e. The molecular formula is C17H18N2O3S. The summed E-state index contributed by atoms with van der Waals surface area (Å²) >= 11 is 0. The van der Waals surface area contributed by atoms with Gasteiger partial charge in [0.2, 0.25) is 0 Å². The minimum atomic E-state index is -0.944. The Morgan fingerprint density at radius 1 is 1.17 bits per heavy atom. The number of hydrogen-bond donors (Lipinski definition) is 2. The van der Waals surface area contributed by atoms with Crippen LogP contribution in [0.5, 0.6) is 0 Å². The predicted molar refractivity (Wildman–Crippen MR) is 94.3 cm³/mol. The number of para-hydroxylation sites is 1. The molecule has 0 saturated carbocycles. The van der Waals surface area contributed by atoms with Crippen LogP contribution in [0.3, 0.4) is 0 Å². The summed E-state index contributed by atoms with van der Waals surface area (Å²) in [6.07, 6.45) is 1.62. The molecule has 3 rings (SSSR count). The van der Waals surface area contributed by atoms with Gasteiger partial charge in [-0.3, -0.25) is 4.21 Å². The first-order chi connectivity index (χ1) is 11.0. The van der Waals surface area contributed by atoms with Gasteiger partial charge in [-0.05, 0) is 25.1 Å². The number of hydrogen-bond acceptors (Lipinski definition) is 3. The molecule has 0 radical (unpaired) electrons. The van der Waals surface area contributed by atoms with Crippen LogP contribution in [0.15, 0.2) is 46.9 Å². The fourth-order valence-corrected chi connectivity index (χ4v) is 3.38. The Kier molecular flexibility index (Phi) is 4.34. The van der Waals surface area contributed by atoms with Crippen molar-refractivity contribution in [3.8, 4) is 0 Å². The number of urea groups is 1. The van der Waals surface area contributed by atoms with Gasteiger partial charge >= 0.3 is 6.03 Å². The zero-order chi connectivity index (χ0) is 16.4. The zero-order valence-electron chi connectivity index (χ0n) is 13.0. The van der Waals surface area contributed by atoms with Crippen molar-refractivity contribution in [2.24, 2.45) is 0 Å². The van der Waals surface area contributed by atoms with Crippen LogP contribution >= 0.6 is 0 Å². The first-order valence-electron chi connectivity index (χ1n) is 7.32. The lowest BCUT2D eigenvalue weighted by molar-refractivity contribution is 0.250. The standard InChI is InChI=1S/C17H18N2O3S/c1-11(10-23(2)21)18-17(20)19-12-7-8-14-13-5-3-4-6-15(13)22-16(14)9-12/h3-9,11H,10H2,1-2H3,(H2,18,19,20)/t11-,23-/m1/s1. The first-order valence-corrected chi connectivity index (χ1v) is 9.04. The van der Waals surface area contributed by atoms with E-state index >= 15 is 0 Å². The second kappa shape index (κ2) is 6.42. The van der Waals surface area contributed by atoms with Gasteiger partial charge in [0.25, 0.3) is 0 Å². The highest BCUT2D eigenvalue weighted by molar-refractivity contribution is 7.84. The van der Waals surface area contributed by atoms with Gasteiger partial charge in [0, 0.05) is 51.4 Å². The molecule has 5 nitrogen and oxygen atoms in total. The van der Waals surface area contributed by atoms with Crippen molar-refractivity contribution in [1.29, 1.82) is 0 Å². The van der Waals surface area contributed by atoms with E-state index < -0.39 is 10.8 Å². The van der Waals surface area contributed by atoms with E-state index in [-0.39, 0.29) is 12.1 Å². The van der Waals surface area contributed by atoms with Gasteiger partial charge in [-0.15, -0.1) is 0 Å². The number of amides is 2. The second-order valence-electron chi connectivity index (χ2n) is 5.55. The second-order valence-corrected chi connectivity index (χ2v) is 7.03. The third-order valence-electron chi connectivity index (χ3n) is 3.50. The SMILES string of the molecule is C[C@H](C[S@@](C)=O)NC(=O)Nc1ccc2c(c1)oc1ccccc12. The van der Waals surface area contributed by atoms with E-state index in [1.807, 2.05) is 43.3 Å². The van der Waals surface area contributed by atoms with Crippen LogP contribution < -0.4 is 10.6 Å². The van der Waals surface area contributed by atoms with Crippen LogP contribution in [0, 0.1) is 0 Å². The number of carbonyl (C=O) groups excluding carboxylic acids is 1. The molecule has 0 aliphatic heterocycles. The van der Waals surface area contributed by atoms with E-state index in [4.69, 9.17) is 4.42 Å². The van der Waals surface area contributed by atoms with Crippen molar-refractivity contribution in [1.82, 2.24) is 5.32 Å². The topological polar surface area (TPSA) is 71.3 Å². The van der Waals surface area contributed by atoms with Crippen molar-refractivity contribution in [3.63, 3.8) is 0 Å². The number of nitrogens with one attached hydrogen (secondary N) is 2. The molecule has 2 atom stereocenters. The monoisotopic (exact) mass is 330 g/mol. The fourth-order valence-electron chi connectivity index (χ4n) is 2.59. The largest absolute Gasteiger partial charge is 0.456 e. The number of benzene rings is 2. The number of anilines is 1. The third kappa shape index (κ3) is 3.53. The highest BCUT2D eigenvalue weighted by atomic mass is 32.2. The van der Waals surface area contributed by atoms with E-state index in [0.29, 0.717) is 11.4 Å². The van der Waals surface area contributed by atoms with Gasteiger partial charge < -0.3 is 15.1 Å². The van der Waals surface area contributed by atoms with E-state index in [9.17, 15) is 9.00 Å². The van der Waals surface area contributed by atoms with Gasteiger partial charge in [0.1, 0.15) is 11.2 Å². The van der Waals surface area contributed by atoms with E-state index in [1.54, 1.807) is 12.3 Å². The Labute approximate surface area is 136 Å². The lowest BCUT2D eigenvalue weighted by Gasteiger charge is -2.13. The number of fused-ring (bicyclic) bond motifs is 3. The van der Waals surface area contributed by atoms with E-state index in [0.717, 1.165) is 21.9 Å². The number of furan rings is 1. The Bertz CT molecular complexity index is 888. The summed E-state index contributed by atoms with van der Waals surface area (Å²) in [6.45, 7) is 1.82. The summed E-state index contributed by atoms with van der Waals surface area (Å²) in [5, 5.41) is 7.60. The molecule has 0 aliphatic rings. The predicted octanol–water partition coefficient (Wildman–Crippen LogP) is 3.47. The summed E-state index contributed by atoms with van der Waals surface area (Å²) in [5.41, 5.74) is 2.20. The van der Waals surface area contributed by atoms with Gasteiger partial charge in [-0.2, -0.15) is 0 Å². The van der Waals surface area contributed by atoms with Crippen molar-refractivity contribution in [3.05, 3.63) is 42.5 Å². The molecule has 120 valence electrons. The molecule has 6 heteroatoms. The maximum atomic E-state index is 12.0. The summed E-state index contributed by atoms with van der Waals surface area (Å²) in [5.74, 6) is 0.427. The molecule has 0 aliphatic carbocycles. The number of carbonyl (C=O) groups is 1. The summed E-state index contributed by atoms with van der Waals surface area (Å²) in [4.78, 5) is 12.0. The van der Waals surface area contributed by atoms with Crippen LogP contribution in [-0.2, 0) is 10.8 Å². The van der Waals surface area contributed by atoms with Crippen LogP contribution in [0.4, 0.5) is 10.5 Å². The molecule has 0 unspecified atom stereocenters. The van der Waals surface area contributed by atoms with Gasteiger partial charge in [0.05, 0.1) is 0 Å². The van der Waals surface area contributed by atoms with E-state index in [2.05, 4.69) is 10.6 Å². The fraction of sp³-hybridized carbons (Fsp3) is 0.235. The molecule has 2 amide bonds. The lowest BCUT2D eigenvalue weighted by Crippen LogP contribution is -2.39. The summed E-state index contributed by atoms with van der Waals surface area (Å²) < 4.78 is 16.9. The molecule has 1 heterocycles. The molecule has 0 fully saturated rings. The molecule has 1 aromatic heterocycles. The Morgan fingerprint density at radius 3 is 2.70 bits per heavy atom. The summed E-state index contributed by atoms with van der Waals surface area (Å²) in [7, 11) is -0.944. The molecular weight excluding hydrogens is 312 g/mol. The van der Waals surface area contributed by atoms with Crippen LogP contribution in [0.25, 0.3) is 21.9 Å². The maximum Gasteiger partial charge on any atom is 0.319 e. The minimum absolute atomic E-state index is 0.157. The number of rotatable bonds is 4. The van der Waals surface area contributed by atoms with Crippen LogP contribution in [-0.4, -0.2) is 28.3 Å². The molecule has 2 N–H and O–H groups in total. The van der Waals surface area contributed by atoms with Gasteiger partial charge in [0.15, 0.2) is 0 Å². The van der Waals surface area contributed by atoms with Crippen molar-refractivity contribution in [2.75, 3.05) is 17.3 Å². The highest BCUT2D eigenvalue weighted by Gasteiger charge is 2.11. The minimum Gasteiger partial charge on any atom is -0.456 e. The molecule has 3 aromatic rings. The Hall–Kier alpha value is -2.34. The molecule has 0 spiro atoms. The van der Waals surface area contributed by atoms with Crippen LogP contribution in [0.2, 0.25) is 0 Å². The first kappa shape index (κ1) is 15.6. The highest BCUT2D eigenvalue weighted by Crippen LogP contribution is 2.30. The normalized spacial score (nSPS) is 13.8. The quantitative estimate of drug-likeness (QED) is 0.769. The third-order valence-corrected chi connectivity index (χ3v) is 4.47. The summed E-state index contributed by atoms with van der Waals surface area (Å²) in [6, 6.07) is 12.9. The zero-order valence-corrected chi connectivity index (χ0v) is 13.8. The van der Waals surface area contributed by atoms with E-state index in [1.165, 1.54) is 0 Å². The average Bonchev–Trinajstić information content (AvgIpc) is 2.83. The van der Waals surface area contributed by atoms with Gasteiger partial charge in [-0.25, -0.2) is 4.79 Å². The Morgan fingerprint density at radius 2 is 1.91 bits per heavy atom. The average molecular weight is 330 g/mol. The van der Waals surface area contributed by atoms with Crippen molar-refractivity contribution in [2.45, 2.75) is 13.0 Å². The maximum absolute atomic E-state index is 12.0. The Balaban J connectivity index is 1.77.